The van der Waals surface area contributed by atoms with Crippen molar-refractivity contribution in [1.29, 1.82) is 0 Å². The first kappa shape index (κ1) is 13.8. The van der Waals surface area contributed by atoms with Crippen molar-refractivity contribution in [3.05, 3.63) is 0 Å². The maximum Gasteiger partial charge on any atom is 0.109 e. The summed E-state index contributed by atoms with van der Waals surface area (Å²) in [6.07, 6.45) is -3.81. The normalized spacial score (nSPS) is 36.9. The van der Waals surface area contributed by atoms with Gasteiger partial charge >= 0.3 is 0 Å². The number of β-amino-alcohol motifs (C(OH)–C–C–N with tert-alkyl or cyclic N) is 1. The predicted molar refractivity (Wildman–Crippen MR) is 53.6 cm³/mol. The molecule has 7 nitrogen and oxygen atoms in total. The van der Waals surface area contributed by atoms with Gasteiger partial charge in [0.1, 0.15) is 12.2 Å². The Balaban J connectivity index is 2.81. The predicted octanol–water partition coefficient (Wildman–Crippen LogP) is -3.90. The lowest BCUT2D eigenvalue weighted by Crippen LogP contribution is -2.65. The standard InChI is InChI=1S/C9H19NO6/c11-2-5(3-12)10-1-7(14)9(16)8(15)6(10)4-13/h5-9,11-16H,1-4H2/t6-,7+,8-,9-/m1/s1. The molecule has 0 radical (unpaired) electrons. The average molecular weight is 237 g/mol. The average Bonchev–Trinajstić information content (AvgIpc) is 2.28. The summed E-state index contributed by atoms with van der Waals surface area (Å²) in [7, 11) is 0. The maximum atomic E-state index is 9.64. The third kappa shape index (κ3) is 2.51. The van der Waals surface area contributed by atoms with Gasteiger partial charge in [-0.05, 0) is 0 Å². The zero-order chi connectivity index (χ0) is 12.3. The Kier molecular flexibility index (Phi) is 5.06. The molecule has 6 N–H and O–H groups in total. The number of rotatable bonds is 4. The molecule has 4 atom stereocenters. The van der Waals surface area contributed by atoms with Gasteiger partial charge in [0.25, 0.3) is 0 Å². The summed E-state index contributed by atoms with van der Waals surface area (Å²) in [6.45, 7) is -1.16. The Morgan fingerprint density at radius 2 is 1.56 bits per heavy atom. The van der Waals surface area contributed by atoms with Gasteiger partial charge in [0.2, 0.25) is 0 Å². The smallest absolute Gasteiger partial charge is 0.109 e. The topological polar surface area (TPSA) is 125 Å². The Hall–Kier alpha value is -0.280. The van der Waals surface area contributed by atoms with Crippen molar-refractivity contribution in [2.24, 2.45) is 0 Å². The Morgan fingerprint density at radius 3 is 2.00 bits per heavy atom. The van der Waals surface area contributed by atoms with E-state index in [1.165, 1.54) is 4.90 Å². The van der Waals surface area contributed by atoms with E-state index in [1.807, 2.05) is 0 Å². The van der Waals surface area contributed by atoms with E-state index in [0.29, 0.717) is 0 Å². The number of hydrogen-bond acceptors (Lipinski definition) is 7. The van der Waals surface area contributed by atoms with E-state index in [1.54, 1.807) is 0 Å². The molecule has 0 spiro atoms. The third-order valence-corrected chi connectivity index (χ3v) is 3.04. The SMILES string of the molecule is OCC(CO)N1C[C@H](O)[C@@H](O)[C@H](O)[C@H]1CO. The molecule has 1 aliphatic heterocycles. The van der Waals surface area contributed by atoms with Crippen molar-refractivity contribution >= 4 is 0 Å². The highest BCUT2D eigenvalue weighted by molar-refractivity contribution is 4.96. The molecule has 0 amide bonds. The second kappa shape index (κ2) is 5.87. The van der Waals surface area contributed by atoms with Crippen LogP contribution in [0, 0.1) is 0 Å². The Bertz CT molecular complexity index is 212. The number of piperidine rings is 1. The van der Waals surface area contributed by atoms with Gasteiger partial charge in [-0.1, -0.05) is 0 Å². The second-order valence-electron chi connectivity index (χ2n) is 4.01. The van der Waals surface area contributed by atoms with E-state index in [4.69, 9.17) is 15.3 Å². The summed E-state index contributed by atoms with van der Waals surface area (Å²) < 4.78 is 0. The molecule has 0 unspecified atom stereocenters. The zero-order valence-electron chi connectivity index (χ0n) is 8.85. The molecule has 0 aromatic heterocycles. The summed E-state index contributed by atoms with van der Waals surface area (Å²) in [5.74, 6) is 0. The Morgan fingerprint density at radius 1 is 1.00 bits per heavy atom. The molecule has 0 saturated carbocycles. The van der Waals surface area contributed by atoms with Crippen molar-refractivity contribution in [3.8, 4) is 0 Å². The first-order chi connectivity index (χ1) is 7.56. The van der Waals surface area contributed by atoms with Crippen LogP contribution in [0.2, 0.25) is 0 Å². The quantitative estimate of drug-likeness (QED) is 0.295. The van der Waals surface area contributed by atoms with Gasteiger partial charge in [-0.3, -0.25) is 4.90 Å². The van der Waals surface area contributed by atoms with Gasteiger partial charge in [-0.25, -0.2) is 0 Å². The van der Waals surface area contributed by atoms with Crippen LogP contribution >= 0.6 is 0 Å². The lowest BCUT2D eigenvalue weighted by molar-refractivity contribution is -0.160. The minimum atomic E-state index is -1.33. The summed E-state index contributed by atoms with van der Waals surface area (Å²) in [5.41, 5.74) is 0. The highest BCUT2D eigenvalue weighted by Crippen LogP contribution is 2.21. The molecule has 1 aliphatic rings. The monoisotopic (exact) mass is 237 g/mol. The number of hydrogen-bond donors (Lipinski definition) is 6. The van der Waals surface area contributed by atoms with Crippen LogP contribution in [0.15, 0.2) is 0 Å². The summed E-state index contributed by atoms with van der Waals surface area (Å²) in [5, 5.41) is 55.7. The summed E-state index contributed by atoms with van der Waals surface area (Å²) in [4.78, 5) is 1.40. The number of likely N-dealkylation sites (tertiary alicyclic amines) is 1. The van der Waals surface area contributed by atoms with Gasteiger partial charge in [-0.15, -0.1) is 0 Å². The fourth-order valence-corrected chi connectivity index (χ4v) is 2.01. The molecule has 1 heterocycles. The molecule has 1 rings (SSSR count). The molecule has 1 fully saturated rings. The van der Waals surface area contributed by atoms with E-state index >= 15 is 0 Å². The molecule has 7 heteroatoms. The van der Waals surface area contributed by atoms with Crippen molar-refractivity contribution in [1.82, 2.24) is 4.90 Å². The fraction of sp³-hybridized carbons (Fsp3) is 1.00. The van der Waals surface area contributed by atoms with Crippen LogP contribution in [-0.2, 0) is 0 Å². The molecule has 1 saturated heterocycles. The van der Waals surface area contributed by atoms with E-state index in [0.717, 1.165) is 0 Å². The van der Waals surface area contributed by atoms with Crippen LogP contribution in [-0.4, -0.2) is 92.3 Å². The van der Waals surface area contributed by atoms with Crippen molar-refractivity contribution in [3.63, 3.8) is 0 Å². The first-order valence-electron chi connectivity index (χ1n) is 5.19. The van der Waals surface area contributed by atoms with E-state index in [-0.39, 0.29) is 19.8 Å². The lowest BCUT2D eigenvalue weighted by atomic mass is 9.93. The number of aliphatic hydroxyl groups is 6. The minimum Gasteiger partial charge on any atom is -0.395 e. The molecule has 16 heavy (non-hydrogen) atoms. The molecule has 0 bridgehead atoms. The van der Waals surface area contributed by atoms with Crippen molar-refractivity contribution < 1.29 is 30.6 Å². The van der Waals surface area contributed by atoms with E-state index in [9.17, 15) is 15.3 Å². The molecule has 0 aliphatic carbocycles. The molecule has 0 aromatic rings. The van der Waals surface area contributed by atoms with Gasteiger partial charge < -0.3 is 30.6 Å². The van der Waals surface area contributed by atoms with Crippen LogP contribution in [0.5, 0.6) is 0 Å². The molecular formula is C9H19NO6. The summed E-state index contributed by atoms with van der Waals surface area (Å²) >= 11 is 0. The highest BCUT2D eigenvalue weighted by atomic mass is 16.4. The largest absolute Gasteiger partial charge is 0.395 e. The third-order valence-electron chi connectivity index (χ3n) is 3.04. The molecular weight excluding hydrogens is 218 g/mol. The number of nitrogens with zero attached hydrogens (tertiary/aromatic N) is 1. The lowest BCUT2D eigenvalue weighted by Gasteiger charge is -2.45. The van der Waals surface area contributed by atoms with E-state index in [2.05, 4.69) is 0 Å². The van der Waals surface area contributed by atoms with Crippen molar-refractivity contribution in [2.75, 3.05) is 26.4 Å². The maximum absolute atomic E-state index is 9.64. The van der Waals surface area contributed by atoms with Crippen LogP contribution in [0.25, 0.3) is 0 Å². The van der Waals surface area contributed by atoms with Crippen LogP contribution < -0.4 is 0 Å². The zero-order valence-corrected chi connectivity index (χ0v) is 8.85. The molecule has 0 aromatic carbocycles. The van der Waals surface area contributed by atoms with E-state index < -0.39 is 37.0 Å². The van der Waals surface area contributed by atoms with Gasteiger partial charge in [0, 0.05) is 6.54 Å². The number of aliphatic hydroxyl groups excluding tert-OH is 6. The highest BCUT2D eigenvalue weighted by Gasteiger charge is 2.43. The summed E-state index contributed by atoms with van der Waals surface area (Å²) in [6, 6.07) is -1.48. The Labute approximate surface area is 93.2 Å². The fourth-order valence-electron chi connectivity index (χ4n) is 2.01. The van der Waals surface area contributed by atoms with Crippen LogP contribution in [0.3, 0.4) is 0 Å². The van der Waals surface area contributed by atoms with Crippen molar-refractivity contribution in [2.45, 2.75) is 30.4 Å². The van der Waals surface area contributed by atoms with Crippen LogP contribution in [0.1, 0.15) is 0 Å². The second-order valence-corrected chi connectivity index (χ2v) is 4.01. The molecule has 96 valence electrons. The van der Waals surface area contributed by atoms with Gasteiger partial charge in [0.15, 0.2) is 0 Å². The van der Waals surface area contributed by atoms with Gasteiger partial charge in [-0.2, -0.15) is 0 Å². The van der Waals surface area contributed by atoms with Crippen LogP contribution in [0.4, 0.5) is 0 Å². The minimum absolute atomic E-state index is 0.0186. The first-order valence-corrected chi connectivity index (χ1v) is 5.19. The van der Waals surface area contributed by atoms with Gasteiger partial charge in [0.05, 0.1) is 38.0 Å².